The molecule has 0 aliphatic carbocycles. The molecule has 0 amide bonds. The molecule has 2 rings (SSSR count). The summed E-state index contributed by atoms with van der Waals surface area (Å²) < 4.78 is 5.23. The molecule has 2 aromatic rings. The van der Waals surface area contributed by atoms with Crippen LogP contribution in [0.1, 0.15) is 26.2 Å². The van der Waals surface area contributed by atoms with E-state index in [-0.39, 0.29) is 11.7 Å². The fraction of sp³-hybridized carbons (Fsp3) is 0.429. The number of non-ortho nitro benzene ring substituents is 1. The third kappa shape index (κ3) is 3.85. The Labute approximate surface area is 122 Å². The Morgan fingerprint density at radius 3 is 2.90 bits per heavy atom. The van der Waals surface area contributed by atoms with Crippen LogP contribution in [-0.2, 0) is 6.42 Å². The minimum atomic E-state index is -0.442. The molecule has 0 fully saturated rings. The summed E-state index contributed by atoms with van der Waals surface area (Å²) in [5.41, 5.74) is 0.591. The number of rotatable bonds is 7. The number of hydrogen-bond donors (Lipinski definition) is 1. The van der Waals surface area contributed by atoms with Crippen molar-refractivity contribution in [2.45, 2.75) is 32.7 Å². The molecule has 0 saturated carbocycles. The van der Waals surface area contributed by atoms with Gasteiger partial charge >= 0.3 is 0 Å². The number of nitrogens with one attached hydrogen (secondary N) is 1. The van der Waals surface area contributed by atoms with Gasteiger partial charge < -0.3 is 9.84 Å². The Balaban J connectivity index is 2.16. The molecule has 21 heavy (non-hydrogen) atoms. The van der Waals surface area contributed by atoms with Gasteiger partial charge in [-0.05, 0) is 13.0 Å². The van der Waals surface area contributed by atoms with Crippen molar-refractivity contribution in [1.29, 1.82) is 0 Å². The molecular formula is C14H18N4O3. The van der Waals surface area contributed by atoms with E-state index >= 15 is 0 Å². The quantitative estimate of drug-likeness (QED) is 0.622. The van der Waals surface area contributed by atoms with Crippen LogP contribution in [0.2, 0.25) is 0 Å². The van der Waals surface area contributed by atoms with Crippen molar-refractivity contribution < 1.29 is 9.45 Å². The first kappa shape index (κ1) is 15.1. The lowest BCUT2D eigenvalue weighted by Crippen LogP contribution is -2.30. The zero-order chi connectivity index (χ0) is 15.2. The number of benzene rings is 1. The van der Waals surface area contributed by atoms with Crippen molar-refractivity contribution in [1.82, 2.24) is 15.5 Å². The van der Waals surface area contributed by atoms with Gasteiger partial charge in [-0.1, -0.05) is 31.1 Å². The van der Waals surface area contributed by atoms with Crippen LogP contribution in [0.15, 0.2) is 28.8 Å². The second-order valence-electron chi connectivity index (χ2n) is 4.69. The lowest BCUT2D eigenvalue weighted by Gasteiger charge is -2.12. The van der Waals surface area contributed by atoms with Gasteiger partial charge in [0.15, 0.2) is 0 Å². The molecule has 1 heterocycles. The number of likely N-dealkylation sites (N-methyl/N-ethyl adjacent to an activating group) is 1. The Bertz CT molecular complexity index is 612. The minimum Gasteiger partial charge on any atom is -0.339 e. The van der Waals surface area contributed by atoms with Gasteiger partial charge in [0.2, 0.25) is 11.7 Å². The molecule has 1 unspecified atom stereocenters. The van der Waals surface area contributed by atoms with Gasteiger partial charge in [0.05, 0.1) is 4.92 Å². The van der Waals surface area contributed by atoms with Crippen LogP contribution in [0, 0.1) is 10.1 Å². The molecule has 7 heteroatoms. The van der Waals surface area contributed by atoms with Gasteiger partial charge in [-0.2, -0.15) is 4.98 Å². The minimum absolute atomic E-state index is 0.0120. The van der Waals surface area contributed by atoms with E-state index in [1.165, 1.54) is 12.1 Å². The zero-order valence-corrected chi connectivity index (χ0v) is 12.1. The smallest absolute Gasteiger partial charge is 0.270 e. The Hall–Kier alpha value is -2.28. The third-order valence-electron chi connectivity index (χ3n) is 3.19. The van der Waals surface area contributed by atoms with Crippen molar-refractivity contribution in [3.63, 3.8) is 0 Å². The third-order valence-corrected chi connectivity index (χ3v) is 3.19. The van der Waals surface area contributed by atoms with Crippen LogP contribution in [0.5, 0.6) is 0 Å². The van der Waals surface area contributed by atoms with Crippen molar-refractivity contribution in [3.05, 3.63) is 40.3 Å². The Kier molecular flexibility index (Phi) is 4.99. The monoisotopic (exact) mass is 290 g/mol. The van der Waals surface area contributed by atoms with Gasteiger partial charge in [0.25, 0.3) is 5.69 Å². The number of aromatic nitrogens is 2. The van der Waals surface area contributed by atoms with Crippen LogP contribution in [-0.4, -0.2) is 27.7 Å². The first-order valence-electron chi connectivity index (χ1n) is 6.94. The maximum atomic E-state index is 10.8. The summed E-state index contributed by atoms with van der Waals surface area (Å²) in [6.45, 7) is 5.01. The normalized spacial score (nSPS) is 12.3. The van der Waals surface area contributed by atoms with E-state index in [1.54, 1.807) is 12.1 Å². The van der Waals surface area contributed by atoms with Crippen molar-refractivity contribution >= 4 is 5.69 Å². The average Bonchev–Trinajstić information content (AvgIpc) is 2.95. The summed E-state index contributed by atoms with van der Waals surface area (Å²) in [4.78, 5) is 14.6. The van der Waals surface area contributed by atoms with E-state index in [2.05, 4.69) is 22.4 Å². The molecule has 1 N–H and O–H groups in total. The molecule has 0 aliphatic heterocycles. The van der Waals surface area contributed by atoms with E-state index in [0.717, 1.165) is 13.0 Å². The second-order valence-corrected chi connectivity index (χ2v) is 4.69. The number of hydrogen-bond acceptors (Lipinski definition) is 6. The summed E-state index contributed by atoms with van der Waals surface area (Å²) in [6, 6.07) is 6.49. The lowest BCUT2D eigenvalue weighted by molar-refractivity contribution is -0.384. The van der Waals surface area contributed by atoms with Crippen molar-refractivity contribution in [2.75, 3.05) is 6.54 Å². The predicted molar refractivity (Wildman–Crippen MR) is 77.8 cm³/mol. The molecule has 0 bridgehead atoms. The highest BCUT2D eigenvalue weighted by Gasteiger charge is 2.15. The summed E-state index contributed by atoms with van der Waals surface area (Å²) >= 11 is 0. The zero-order valence-electron chi connectivity index (χ0n) is 12.1. The van der Waals surface area contributed by atoms with E-state index in [9.17, 15) is 10.1 Å². The summed E-state index contributed by atoms with van der Waals surface area (Å²) in [5, 5.41) is 18.0. The average molecular weight is 290 g/mol. The summed E-state index contributed by atoms with van der Waals surface area (Å²) in [7, 11) is 0. The van der Waals surface area contributed by atoms with E-state index < -0.39 is 4.92 Å². The highest BCUT2D eigenvalue weighted by molar-refractivity contribution is 5.58. The molecule has 0 aliphatic rings. The molecule has 0 radical (unpaired) electrons. The molecule has 7 nitrogen and oxygen atoms in total. The Morgan fingerprint density at radius 2 is 2.24 bits per heavy atom. The maximum Gasteiger partial charge on any atom is 0.270 e. The second kappa shape index (κ2) is 6.94. The van der Waals surface area contributed by atoms with Crippen LogP contribution >= 0.6 is 0 Å². The largest absolute Gasteiger partial charge is 0.339 e. The van der Waals surface area contributed by atoms with Crippen LogP contribution < -0.4 is 5.32 Å². The summed E-state index contributed by atoms with van der Waals surface area (Å²) in [5.74, 6) is 0.907. The molecular weight excluding hydrogens is 272 g/mol. The first-order chi connectivity index (χ1) is 10.1. The molecule has 1 atom stereocenters. The SMILES string of the molecule is CCNC(CC)Cc1nc(-c2cccc([N+](=O)[O-])c2)no1. The van der Waals surface area contributed by atoms with Crippen LogP contribution in [0.3, 0.4) is 0 Å². The van der Waals surface area contributed by atoms with Crippen LogP contribution in [0.25, 0.3) is 11.4 Å². The fourth-order valence-corrected chi connectivity index (χ4v) is 2.07. The number of nitrogens with zero attached hydrogens (tertiary/aromatic N) is 3. The first-order valence-corrected chi connectivity index (χ1v) is 6.94. The maximum absolute atomic E-state index is 10.8. The molecule has 1 aromatic carbocycles. The number of nitro groups is 1. The topological polar surface area (TPSA) is 94.1 Å². The van der Waals surface area contributed by atoms with Crippen molar-refractivity contribution in [2.24, 2.45) is 0 Å². The van der Waals surface area contributed by atoms with Gasteiger partial charge in [-0.25, -0.2) is 0 Å². The van der Waals surface area contributed by atoms with Gasteiger partial charge in [-0.3, -0.25) is 10.1 Å². The van der Waals surface area contributed by atoms with Gasteiger partial charge in [0, 0.05) is 30.2 Å². The molecule has 1 aromatic heterocycles. The molecule has 0 saturated heterocycles. The Morgan fingerprint density at radius 1 is 1.43 bits per heavy atom. The lowest BCUT2D eigenvalue weighted by atomic mass is 10.1. The highest BCUT2D eigenvalue weighted by Crippen LogP contribution is 2.21. The predicted octanol–water partition coefficient (Wildman–Crippen LogP) is 2.58. The molecule has 112 valence electrons. The van der Waals surface area contributed by atoms with Gasteiger partial charge in [0.1, 0.15) is 0 Å². The number of nitro benzene ring substituents is 1. The van der Waals surface area contributed by atoms with Crippen molar-refractivity contribution in [3.8, 4) is 11.4 Å². The summed E-state index contributed by atoms with van der Waals surface area (Å²) in [6.07, 6.45) is 1.61. The van der Waals surface area contributed by atoms with E-state index in [4.69, 9.17) is 4.52 Å². The van der Waals surface area contributed by atoms with E-state index in [0.29, 0.717) is 23.7 Å². The fourth-order valence-electron chi connectivity index (χ4n) is 2.07. The van der Waals surface area contributed by atoms with Crippen LogP contribution in [0.4, 0.5) is 5.69 Å². The highest BCUT2D eigenvalue weighted by atomic mass is 16.6. The standard InChI is InChI=1S/C14H18N4O3/c1-3-11(15-4-2)9-13-16-14(17-21-13)10-6-5-7-12(8-10)18(19)20/h5-8,11,15H,3-4,9H2,1-2H3. The van der Waals surface area contributed by atoms with Gasteiger partial charge in [-0.15, -0.1) is 0 Å². The van der Waals surface area contributed by atoms with E-state index in [1.807, 2.05) is 6.92 Å². The molecule has 0 spiro atoms.